The number of aliphatic hydroxyl groups is 1. The monoisotopic (exact) mass is 303 g/mol. The number of nitrogens with two attached hydrogens (primary N) is 1. The summed E-state index contributed by atoms with van der Waals surface area (Å²) in [5.41, 5.74) is 8.14. The molecule has 0 unspecified atom stereocenters. The highest BCUT2D eigenvalue weighted by atomic mass is 35.5. The molecule has 1 heterocycles. The van der Waals surface area contributed by atoms with Crippen LogP contribution in [-0.4, -0.2) is 22.1 Å². The van der Waals surface area contributed by atoms with Gasteiger partial charge < -0.3 is 16.2 Å². The molecule has 21 heavy (non-hydrogen) atoms. The number of amides is 1. The number of rotatable bonds is 2. The minimum Gasteiger partial charge on any atom is -0.397 e. The second-order valence-electron chi connectivity index (χ2n) is 5.03. The first-order valence-corrected chi connectivity index (χ1v) is 6.92. The molecule has 0 saturated heterocycles. The number of nitrogen functional groups attached to an aromatic ring is 1. The lowest BCUT2D eigenvalue weighted by atomic mass is 10.1. The van der Waals surface area contributed by atoms with Gasteiger partial charge in [-0.25, -0.2) is 4.98 Å². The van der Waals surface area contributed by atoms with E-state index in [1.165, 1.54) is 12.3 Å². The van der Waals surface area contributed by atoms with Crippen LogP contribution in [0.25, 0.3) is 0 Å². The summed E-state index contributed by atoms with van der Waals surface area (Å²) >= 11 is 5.92. The van der Waals surface area contributed by atoms with E-state index in [1.54, 1.807) is 0 Å². The zero-order valence-corrected chi connectivity index (χ0v) is 11.8. The molecule has 5 nitrogen and oxygen atoms in total. The highest BCUT2D eigenvalue weighted by molar-refractivity contribution is 6.32. The molecular formula is C15H14ClN3O2. The number of carbonyl (C=O) groups excluding carboxylic acids is 1. The number of hydrogen-bond donors (Lipinski definition) is 3. The molecule has 6 heteroatoms. The second-order valence-corrected chi connectivity index (χ2v) is 5.39. The molecule has 0 radical (unpaired) electrons. The Labute approximate surface area is 126 Å². The smallest absolute Gasteiger partial charge is 0.255 e. The maximum atomic E-state index is 12.3. The van der Waals surface area contributed by atoms with Crippen LogP contribution < -0.4 is 11.1 Å². The molecule has 4 N–H and O–H groups in total. The van der Waals surface area contributed by atoms with Gasteiger partial charge in [-0.2, -0.15) is 0 Å². The van der Waals surface area contributed by atoms with Crippen LogP contribution in [0.2, 0.25) is 5.15 Å². The Balaban J connectivity index is 1.87. The third-order valence-electron chi connectivity index (χ3n) is 3.60. The predicted molar refractivity (Wildman–Crippen MR) is 80.0 cm³/mol. The third kappa shape index (κ3) is 2.57. The molecule has 0 fully saturated rings. The van der Waals surface area contributed by atoms with Crippen LogP contribution in [0.1, 0.15) is 27.5 Å². The number of nitrogens with zero attached hydrogens (tertiary/aromatic N) is 1. The zero-order chi connectivity index (χ0) is 15.0. The van der Waals surface area contributed by atoms with Gasteiger partial charge in [-0.15, -0.1) is 0 Å². The molecule has 1 aromatic heterocycles. The van der Waals surface area contributed by atoms with Gasteiger partial charge in [-0.1, -0.05) is 35.9 Å². The van der Waals surface area contributed by atoms with E-state index in [4.69, 9.17) is 17.3 Å². The van der Waals surface area contributed by atoms with E-state index >= 15 is 0 Å². The van der Waals surface area contributed by atoms with Crippen LogP contribution in [0.3, 0.4) is 0 Å². The molecule has 0 spiro atoms. The molecule has 2 atom stereocenters. The van der Waals surface area contributed by atoms with Gasteiger partial charge in [0.15, 0.2) is 0 Å². The fraction of sp³-hybridized carbons (Fsp3) is 0.200. The molecule has 1 amide bonds. The van der Waals surface area contributed by atoms with Crippen molar-refractivity contribution in [2.75, 3.05) is 5.73 Å². The van der Waals surface area contributed by atoms with Gasteiger partial charge in [0, 0.05) is 6.42 Å². The van der Waals surface area contributed by atoms with Crippen molar-refractivity contribution in [2.24, 2.45) is 0 Å². The summed E-state index contributed by atoms with van der Waals surface area (Å²) in [5, 5.41) is 13.0. The van der Waals surface area contributed by atoms with Crippen molar-refractivity contribution in [1.29, 1.82) is 0 Å². The van der Waals surface area contributed by atoms with Gasteiger partial charge in [0.25, 0.3) is 5.91 Å². The molecular weight excluding hydrogens is 290 g/mol. The van der Waals surface area contributed by atoms with E-state index in [-0.39, 0.29) is 10.7 Å². The number of benzene rings is 1. The van der Waals surface area contributed by atoms with Crippen molar-refractivity contribution in [3.63, 3.8) is 0 Å². The lowest BCUT2D eigenvalue weighted by Gasteiger charge is -2.18. The Hall–Kier alpha value is -2.11. The number of pyridine rings is 1. The number of aromatic nitrogens is 1. The van der Waals surface area contributed by atoms with Gasteiger partial charge in [-0.05, 0) is 17.2 Å². The van der Waals surface area contributed by atoms with Crippen LogP contribution >= 0.6 is 11.6 Å². The number of halogens is 1. The predicted octanol–water partition coefficient (Wildman–Crippen LogP) is 1.71. The highest BCUT2D eigenvalue weighted by Gasteiger charge is 2.32. The maximum Gasteiger partial charge on any atom is 0.255 e. The first-order valence-electron chi connectivity index (χ1n) is 6.54. The van der Waals surface area contributed by atoms with Gasteiger partial charge in [0.1, 0.15) is 5.15 Å². The Bertz CT molecular complexity index is 705. The molecule has 3 rings (SSSR count). The van der Waals surface area contributed by atoms with Crippen molar-refractivity contribution in [3.8, 4) is 0 Å². The van der Waals surface area contributed by atoms with Gasteiger partial charge in [0.05, 0.1) is 29.6 Å². The topological polar surface area (TPSA) is 88.2 Å². The highest BCUT2D eigenvalue weighted by Crippen LogP contribution is 2.31. The largest absolute Gasteiger partial charge is 0.397 e. The molecule has 0 bridgehead atoms. The number of anilines is 1. The van der Waals surface area contributed by atoms with E-state index in [0.29, 0.717) is 12.1 Å². The third-order valence-corrected chi connectivity index (χ3v) is 3.90. The van der Waals surface area contributed by atoms with Crippen molar-refractivity contribution < 1.29 is 9.90 Å². The average Bonchev–Trinajstić information content (AvgIpc) is 2.78. The van der Waals surface area contributed by atoms with E-state index in [9.17, 15) is 9.90 Å². The summed E-state index contributed by atoms with van der Waals surface area (Å²) in [5.74, 6) is -0.402. The van der Waals surface area contributed by atoms with E-state index < -0.39 is 18.1 Å². The number of nitrogens with one attached hydrogen (secondary N) is 1. The Morgan fingerprint density at radius 3 is 3.00 bits per heavy atom. The molecule has 0 saturated carbocycles. The lowest BCUT2D eigenvalue weighted by Crippen LogP contribution is -2.34. The maximum absolute atomic E-state index is 12.3. The van der Waals surface area contributed by atoms with Crippen molar-refractivity contribution in [1.82, 2.24) is 10.3 Å². The first-order chi connectivity index (χ1) is 10.1. The minimum atomic E-state index is -0.654. The van der Waals surface area contributed by atoms with Crippen molar-refractivity contribution in [3.05, 3.63) is 58.4 Å². The molecule has 0 aliphatic heterocycles. The summed E-state index contributed by atoms with van der Waals surface area (Å²) in [6.07, 6.45) is 1.25. The summed E-state index contributed by atoms with van der Waals surface area (Å²) < 4.78 is 0. The summed E-state index contributed by atoms with van der Waals surface area (Å²) in [7, 11) is 0. The summed E-state index contributed by atoms with van der Waals surface area (Å²) in [6.45, 7) is 0. The zero-order valence-electron chi connectivity index (χ0n) is 11.1. The fourth-order valence-corrected chi connectivity index (χ4v) is 2.78. The van der Waals surface area contributed by atoms with Crippen LogP contribution in [0.15, 0.2) is 36.5 Å². The lowest BCUT2D eigenvalue weighted by molar-refractivity contribution is 0.0858. The van der Waals surface area contributed by atoms with Gasteiger partial charge >= 0.3 is 0 Å². The summed E-state index contributed by atoms with van der Waals surface area (Å²) in [6, 6.07) is 8.65. The van der Waals surface area contributed by atoms with Gasteiger partial charge in [-0.3, -0.25) is 4.79 Å². The number of hydrogen-bond acceptors (Lipinski definition) is 4. The minimum absolute atomic E-state index is 0.0856. The van der Waals surface area contributed by atoms with Crippen molar-refractivity contribution >= 4 is 23.2 Å². The van der Waals surface area contributed by atoms with Crippen LogP contribution in [0.5, 0.6) is 0 Å². The molecule has 1 aromatic carbocycles. The first kappa shape index (κ1) is 13.9. The molecule has 108 valence electrons. The van der Waals surface area contributed by atoms with E-state index in [0.717, 1.165) is 11.1 Å². The molecule has 1 aliphatic rings. The van der Waals surface area contributed by atoms with Crippen LogP contribution in [0.4, 0.5) is 5.69 Å². The fourth-order valence-electron chi connectivity index (χ4n) is 2.59. The summed E-state index contributed by atoms with van der Waals surface area (Å²) in [4.78, 5) is 16.2. The SMILES string of the molecule is Nc1cnc(Cl)c(C(=O)N[C@H]2c3ccccc3C[C@H]2O)c1. The van der Waals surface area contributed by atoms with E-state index in [1.807, 2.05) is 24.3 Å². The second kappa shape index (κ2) is 5.35. The molecule has 2 aromatic rings. The van der Waals surface area contributed by atoms with E-state index in [2.05, 4.69) is 10.3 Å². The number of carbonyl (C=O) groups is 1. The number of fused-ring (bicyclic) bond motifs is 1. The Kier molecular flexibility index (Phi) is 3.53. The molecule has 1 aliphatic carbocycles. The van der Waals surface area contributed by atoms with Gasteiger partial charge in [0.2, 0.25) is 0 Å². The standard InChI is InChI=1S/C15H14ClN3O2/c16-14-11(6-9(17)7-18-14)15(21)19-13-10-4-2-1-3-8(10)5-12(13)20/h1-4,6-7,12-13,20H,5,17H2,(H,19,21)/t12-,13+/m1/s1. The van der Waals surface area contributed by atoms with Crippen molar-refractivity contribution in [2.45, 2.75) is 18.6 Å². The Morgan fingerprint density at radius 1 is 1.43 bits per heavy atom. The van der Waals surface area contributed by atoms with Crippen LogP contribution in [-0.2, 0) is 6.42 Å². The Morgan fingerprint density at radius 2 is 2.19 bits per heavy atom. The average molecular weight is 304 g/mol. The van der Waals surface area contributed by atoms with Crippen LogP contribution in [0, 0.1) is 0 Å². The number of aliphatic hydroxyl groups excluding tert-OH is 1. The quantitative estimate of drug-likeness (QED) is 0.737. The normalized spacial score (nSPS) is 20.1.